The molecule has 94 valence electrons. The molecule has 2 rings (SSSR count). The highest BCUT2D eigenvalue weighted by Gasteiger charge is 2.13. The zero-order valence-electron chi connectivity index (χ0n) is 10.0. The molecule has 0 saturated carbocycles. The first-order valence-corrected chi connectivity index (χ1v) is 6.73. The molecule has 0 radical (unpaired) electrons. The molecule has 1 aliphatic rings. The van der Waals surface area contributed by atoms with Crippen LogP contribution in [0.15, 0.2) is 5.38 Å². The number of carbonyl (C=O) groups excluding carboxylic acids is 1. The number of thiazole rings is 1. The number of aryl methyl sites for hydroxylation is 1. The fourth-order valence-corrected chi connectivity index (χ4v) is 2.42. The van der Waals surface area contributed by atoms with E-state index in [-0.39, 0.29) is 5.91 Å². The summed E-state index contributed by atoms with van der Waals surface area (Å²) in [5, 5.41) is 9.19. The Morgan fingerprint density at radius 1 is 1.59 bits per heavy atom. The van der Waals surface area contributed by atoms with Crippen molar-refractivity contribution in [1.82, 2.24) is 20.5 Å². The molecule has 0 bridgehead atoms. The molecule has 0 spiro atoms. The summed E-state index contributed by atoms with van der Waals surface area (Å²) >= 11 is 1.61. The zero-order valence-corrected chi connectivity index (χ0v) is 10.8. The number of amides is 1. The first-order chi connectivity index (χ1) is 8.24. The largest absolute Gasteiger partial charge is 0.349 e. The molecule has 1 aromatic heterocycles. The summed E-state index contributed by atoms with van der Waals surface area (Å²) < 4.78 is 0. The van der Waals surface area contributed by atoms with Crippen LogP contribution in [0.5, 0.6) is 0 Å². The van der Waals surface area contributed by atoms with Crippen LogP contribution >= 0.6 is 11.3 Å². The van der Waals surface area contributed by atoms with E-state index in [1.54, 1.807) is 11.3 Å². The molecule has 6 heteroatoms. The van der Waals surface area contributed by atoms with Crippen molar-refractivity contribution >= 4 is 17.2 Å². The fourth-order valence-electron chi connectivity index (χ4n) is 1.81. The Bertz CT molecular complexity index is 373. The second-order valence-corrected chi connectivity index (χ2v) is 5.22. The van der Waals surface area contributed by atoms with Gasteiger partial charge in [-0.15, -0.1) is 11.3 Å². The first-order valence-electron chi connectivity index (χ1n) is 5.85. The van der Waals surface area contributed by atoms with E-state index in [4.69, 9.17) is 0 Å². The smallest absolute Gasteiger partial charge is 0.234 e. The Balaban J connectivity index is 1.70. The molecular formula is C11H18N4OS. The van der Waals surface area contributed by atoms with Crippen LogP contribution in [-0.4, -0.2) is 48.5 Å². The minimum atomic E-state index is 0.0811. The fraction of sp³-hybridized carbons (Fsp3) is 0.636. The van der Waals surface area contributed by atoms with E-state index in [1.807, 2.05) is 12.3 Å². The van der Waals surface area contributed by atoms with Gasteiger partial charge in [0.2, 0.25) is 5.91 Å². The Hall–Kier alpha value is -0.980. The van der Waals surface area contributed by atoms with Gasteiger partial charge in [0, 0.05) is 31.6 Å². The van der Waals surface area contributed by atoms with Gasteiger partial charge in [0.1, 0.15) is 0 Å². The number of rotatable bonds is 4. The van der Waals surface area contributed by atoms with Gasteiger partial charge in [-0.3, -0.25) is 9.69 Å². The normalized spacial score (nSPS) is 17.0. The third-order valence-electron chi connectivity index (χ3n) is 2.71. The zero-order chi connectivity index (χ0) is 12.1. The minimum Gasteiger partial charge on any atom is -0.349 e. The van der Waals surface area contributed by atoms with Gasteiger partial charge in [0.25, 0.3) is 0 Å². The second kappa shape index (κ2) is 6.09. The molecule has 2 N–H and O–H groups in total. The van der Waals surface area contributed by atoms with Crippen LogP contribution < -0.4 is 10.6 Å². The summed E-state index contributed by atoms with van der Waals surface area (Å²) in [6.07, 6.45) is 0. The number of aromatic nitrogens is 1. The predicted octanol–water partition coefficient (Wildman–Crippen LogP) is -0.0271. The monoisotopic (exact) mass is 254 g/mol. The minimum absolute atomic E-state index is 0.0811. The van der Waals surface area contributed by atoms with E-state index in [1.165, 1.54) is 0 Å². The predicted molar refractivity (Wildman–Crippen MR) is 68.0 cm³/mol. The lowest BCUT2D eigenvalue weighted by molar-refractivity contribution is -0.122. The van der Waals surface area contributed by atoms with E-state index in [9.17, 15) is 4.79 Å². The van der Waals surface area contributed by atoms with E-state index < -0.39 is 0 Å². The van der Waals surface area contributed by atoms with Crippen molar-refractivity contribution in [2.45, 2.75) is 13.5 Å². The summed E-state index contributed by atoms with van der Waals surface area (Å²) in [4.78, 5) is 18.2. The maximum absolute atomic E-state index is 11.7. The van der Waals surface area contributed by atoms with Gasteiger partial charge in [-0.05, 0) is 6.92 Å². The van der Waals surface area contributed by atoms with Crippen LogP contribution in [0.4, 0.5) is 0 Å². The average molecular weight is 254 g/mol. The van der Waals surface area contributed by atoms with Crippen LogP contribution in [0.25, 0.3) is 0 Å². The quantitative estimate of drug-likeness (QED) is 0.792. The van der Waals surface area contributed by atoms with Gasteiger partial charge >= 0.3 is 0 Å². The van der Waals surface area contributed by atoms with Crippen LogP contribution in [0, 0.1) is 6.92 Å². The summed E-state index contributed by atoms with van der Waals surface area (Å²) in [5.41, 5.74) is 0.946. The Kier molecular flexibility index (Phi) is 4.47. The molecule has 0 aromatic carbocycles. The van der Waals surface area contributed by atoms with Crippen molar-refractivity contribution in [2.75, 3.05) is 32.7 Å². The standard InChI is InChI=1S/C11H18N4OS/c1-9-14-10(8-17-9)6-13-11(16)7-15-4-2-12-3-5-15/h8,12H,2-7H2,1H3,(H,13,16). The van der Waals surface area contributed by atoms with Gasteiger partial charge in [-0.2, -0.15) is 0 Å². The van der Waals surface area contributed by atoms with Crippen molar-refractivity contribution in [3.63, 3.8) is 0 Å². The summed E-state index contributed by atoms with van der Waals surface area (Å²) in [6.45, 7) is 6.83. The highest BCUT2D eigenvalue weighted by Crippen LogP contribution is 2.07. The molecule has 0 atom stereocenters. The molecule has 0 aliphatic carbocycles. The van der Waals surface area contributed by atoms with Crippen molar-refractivity contribution in [2.24, 2.45) is 0 Å². The number of piperazine rings is 1. The van der Waals surface area contributed by atoms with Gasteiger partial charge in [0.15, 0.2) is 0 Å². The lowest BCUT2D eigenvalue weighted by atomic mass is 10.3. The molecule has 1 saturated heterocycles. The molecule has 0 unspecified atom stereocenters. The van der Waals surface area contributed by atoms with Crippen LogP contribution in [-0.2, 0) is 11.3 Å². The summed E-state index contributed by atoms with van der Waals surface area (Å²) in [6, 6.07) is 0. The topological polar surface area (TPSA) is 57.3 Å². The number of hydrogen-bond acceptors (Lipinski definition) is 5. The molecule has 1 amide bonds. The maximum atomic E-state index is 11.7. The lowest BCUT2D eigenvalue weighted by Gasteiger charge is -2.26. The molecule has 5 nitrogen and oxygen atoms in total. The number of carbonyl (C=O) groups is 1. The molecule has 1 aliphatic heterocycles. The van der Waals surface area contributed by atoms with Crippen LogP contribution in [0.2, 0.25) is 0 Å². The summed E-state index contributed by atoms with van der Waals surface area (Å²) in [7, 11) is 0. The van der Waals surface area contributed by atoms with Gasteiger partial charge in [-0.1, -0.05) is 0 Å². The van der Waals surface area contributed by atoms with Crippen molar-refractivity contribution in [3.8, 4) is 0 Å². The molecule has 2 heterocycles. The Morgan fingerprint density at radius 2 is 2.35 bits per heavy atom. The summed E-state index contributed by atoms with van der Waals surface area (Å²) in [5.74, 6) is 0.0811. The maximum Gasteiger partial charge on any atom is 0.234 e. The highest BCUT2D eigenvalue weighted by atomic mass is 32.1. The van der Waals surface area contributed by atoms with Crippen molar-refractivity contribution in [1.29, 1.82) is 0 Å². The SMILES string of the molecule is Cc1nc(CNC(=O)CN2CCNCC2)cs1. The molecular weight excluding hydrogens is 236 g/mol. The third kappa shape index (κ3) is 4.07. The number of nitrogens with zero attached hydrogens (tertiary/aromatic N) is 2. The third-order valence-corrected chi connectivity index (χ3v) is 3.53. The Morgan fingerprint density at radius 3 is 3.00 bits per heavy atom. The van der Waals surface area contributed by atoms with Crippen LogP contribution in [0.3, 0.4) is 0 Å². The number of nitrogens with one attached hydrogen (secondary N) is 2. The van der Waals surface area contributed by atoms with Crippen molar-refractivity contribution < 1.29 is 4.79 Å². The molecule has 17 heavy (non-hydrogen) atoms. The second-order valence-electron chi connectivity index (χ2n) is 4.16. The van der Waals surface area contributed by atoms with Crippen LogP contribution in [0.1, 0.15) is 10.7 Å². The average Bonchev–Trinajstić information content (AvgIpc) is 2.74. The van der Waals surface area contributed by atoms with Gasteiger partial charge in [0.05, 0.1) is 23.8 Å². The lowest BCUT2D eigenvalue weighted by Crippen LogP contribution is -2.47. The van der Waals surface area contributed by atoms with Crippen molar-refractivity contribution in [3.05, 3.63) is 16.1 Å². The van der Waals surface area contributed by atoms with E-state index in [0.29, 0.717) is 13.1 Å². The number of hydrogen-bond donors (Lipinski definition) is 2. The molecule has 1 aromatic rings. The van der Waals surface area contributed by atoms with E-state index in [2.05, 4.69) is 20.5 Å². The van der Waals surface area contributed by atoms with Gasteiger partial charge < -0.3 is 10.6 Å². The molecule has 1 fully saturated rings. The highest BCUT2D eigenvalue weighted by molar-refractivity contribution is 7.09. The first kappa shape index (κ1) is 12.5. The van der Waals surface area contributed by atoms with E-state index in [0.717, 1.165) is 36.9 Å². The Labute approximate surface area is 105 Å². The van der Waals surface area contributed by atoms with Gasteiger partial charge in [-0.25, -0.2) is 4.98 Å². The van der Waals surface area contributed by atoms with E-state index >= 15 is 0 Å².